The predicted molar refractivity (Wildman–Crippen MR) is 104 cm³/mol. The summed E-state index contributed by atoms with van der Waals surface area (Å²) in [5, 5.41) is 12.7. The second-order valence-electron chi connectivity index (χ2n) is 5.72. The molecule has 1 amide bonds. The molecule has 1 heterocycles. The Morgan fingerprint density at radius 2 is 1.92 bits per heavy atom. The number of carbonyl (C=O) groups excluding carboxylic acids is 1. The van der Waals surface area contributed by atoms with Gasteiger partial charge in [0.25, 0.3) is 5.91 Å². The average molecular weight is 362 g/mol. The SMILES string of the molecule is Cc1c(Cl)cccc1NC(=O)/C(C#N)=C/c1ccn(-c2ccccc2)c1. The van der Waals surface area contributed by atoms with Crippen LogP contribution in [0, 0.1) is 18.3 Å². The van der Waals surface area contributed by atoms with Crippen molar-refractivity contribution < 1.29 is 4.79 Å². The van der Waals surface area contributed by atoms with Crippen molar-refractivity contribution >= 4 is 29.3 Å². The highest BCUT2D eigenvalue weighted by Crippen LogP contribution is 2.23. The Labute approximate surface area is 157 Å². The van der Waals surface area contributed by atoms with Gasteiger partial charge < -0.3 is 9.88 Å². The van der Waals surface area contributed by atoms with E-state index < -0.39 is 5.91 Å². The Morgan fingerprint density at radius 1 is 1.15 bits per heavy atom. The zero-order valence-corrected chi connectivity index (χ0v) is 14.9. The topological polar surface area (TPSA) is 57.8 Å². The van der Waals surface area contributed by atoms with Crippen LogP contribution in [0.25, 0.3) is 11.8 Å². The first-order valence-electron chi connectivity index (χ1n) is 8.00. The lowest BCUT2D eigenvalue weighted by molar-refractivity contribution is -0.112. The van der Waals surface area contributed by atoms with E-state index in [9.17, 15) is 10.1 Å². The van der Waals surface area contributed by atoms with Crippen molar-refractivity contribution in [2.75, 3.05) is 5.32 Å². The highest BCUT2D eigenvalue weighted by atomic mass is 35.5. The van der Waals surface area contributed by atoms with Gasteiger partial charge >= 0.3 is 0 Å². The van der Waals surface area contributed by atoms with E-state index in [0.717, 1.165) is 16.8 Å². The predicted octanol–water partition coefficient (Wildman–Crippen LogP) is 4.98. The highest BCUT2D eigenvalue weighted by molar-refractivity contribution is 6.31. The van der Waals surface area contributed by atoms with Crippen LogP contribution in [0.15, 0.2) is 72.6 Å². The zero-order valence-electron chi connectivity index (χ0n) is 14.1. The number of nitrogens with one attached hydrogen (secondary N) is 1. The monoisotopic (exact) mass is 361 g/mol. The minimum Gasteiger partial charge on any atom is -0.323 e. The zero-order chi connectivity index (χ0) is 18.5. The van der Waals surface area contributed by atoms with Crippen LogP contribution in [0.1, 0.15) is 11.1 Å². The molecule has 4 nitrogen and oxygen atoms in total. The van der Waals surface area contributed by atoms with Crippen LogP contribution >= 0.6 is 11.6 Å². The molecular weight excluding hydrogens is 346 g/mol. The number of carbonyl (C=O) groups is 1. The summed E-state index contributed by atoms with van der Waals surface area (Å²) in [6.45, 7) is 1.81. The Bertz CT molecular complexity index is 1010. The maximum Gasteiger partial charge on any atom is 0.266 e. The number of nitriles is 1. The van der Waals surface area contributed by atoms with Gasteiger partial charge in [0.2, 0.25) is 0 Å². The molecule has 0 spiro atoms. The minimum atomic E-state index is -0.467. The van der Waals surface area contributed by atoms with Gasteiger partial charge in [-0.25, -0.2) is 0 Å². The number of nitrogens with zero attached hydrogens (tertiary/aromatic N) is 2. The van der Waals surface area contributed by atoms with Crippen LogP contribution < -0.4 is 5.32 Å². The average Bonchev–Trinajstić information content (AvgIpc) is 3.13. The quantitative estimate of drug-likeness (QED) is 0.526. The number of benzene rings is 2. The molecule has 0 bridgehead atoms. The maximum absolute atomic E-state index is 12.4. The fraction of sp³-hybridized carbons (Fsp3) is 0.0476. The molecule has 5 heteroatoms. The third-order valence-electron chi connectivity index (χ3n) is 3.96. The van der Waals surface area contributed by atoms with Gasteiger partial charge in [-0.3, -0.25) is 4.79 Å². The highest BCUT2D eigenvalue weighted by Gasteiger charge is 2.12. The lowest BCUT2D eigenvalue weighted by Crippen LogP contribution is -2.14. The summed E-state index contributed by atoms with van der Waals surface area (Å²) >= 11 is 6.07. The van der Waals surface area contributed by atoms with Crippen molar-refractivity contribution in [3.05, 3.63) is 88.7 Å². The number of rotatable bonds is 4. The third kappa shape index (κ3) is 3.85. The van der Waals surface area contributed by atoms with Gasteiger partial charge in [-0.05, 0) is 54.5 Å². The summed E-state index contributed by atoms with van der Waals surface area (Å²) < 4.78 is 1.93. The molecule has 0 aliphatic rings. The van der Waals surface area contributed by atoms with E-state index in [1.54, 1.807) is 24.3 Å². The molecule has 0 aliphatic heterocycles. The van der Waals surface area contributed by atoms with E-state index in [-0.39, 0.29) is 5.57 Å². The maximum atomic E-state index is 12.4. The van der Waals surface area contributed by atoms with E-state index in [1.165, 1.54) is 0 Å². The van der Waals surface area contributed by atoms with Crippen LogP contribution in [-0.4, -0.2) is 10.5 Å². The Morgan fingerprint density at radius 3 is 2.65 bits per heavy atom. The van der Waals surface area contributed by atoms with Gasteiger partial charge in [-0.15, -0.1) is 0 Å². The molecule has 0 saturated carbocycles. The third-order valence-corrected chi connectivity index (χ3v) is 4.37. The van der Waals surface area contributed by atoms with E-state index in [2.05, 4.69) is 5.32 Å². The van der Waals surface area contributed by atoms with Crippen LogP contribution in [0.2, 0.25) is 5.02 Å². The molecule has 128 valence electrons. The van der Waals surface area contributed by atoms with Crippen LogP contribution in [0.3, 0.4) is 0 Å². The second-order valence-corrected chi connectivity index (χ2v) is 6.13. The van der Waals surface area contributed by atoms with E-state index in [0.29, 0.717) is 10.7 Å². The summed E-state index contributed by atoms with van der Waals surface area (Å²) in [6.07, 6.45) is 5.31. The van der Waals surface area contributed by atoms with Gasteiger partial charge in [-0.2, -0.15) is 5.26 Å². The first-order valence-corrected chi connectivity index (χ1v) is 8.38. The molecule has 2 aromatic carbocycles. The molecule has 26 heavy (non-hydrogen) atoms. The van der Waals surface area contributed by atoms with Crippen LogP contribution in [0.5, 0.6) is 0 Å². The smallest absolute Gasteiger partial charge is 0.266 e. The second kappa shape index (κ2) is 7.73. The molecule has 3 aromatic rings. The number of para-hydroxylation sites is 1. The Hall–Kier alpha value is -3.29. The number of hydrogen-bond acceptors (Lipinski definition) is 2. The molecule has 0 aliphatic carbocycles. The molecular formula is C21H16ClN3O. The molecule has 1 aromatic heterocycles. The van der Waals surface area contributed by atoms with Crippen molar-refractivity contribution in [3.8, 4) is 11.8 Å². The normalized spacial score (nSPS) is 11.0. The summed E-state index contributed by atoms with van der Waals surface area (Å²) in [5.41, 5.74) is 3.14. The van der Waals surface area contributed by atoms with Gasteiger partial charge in [-0.1, -0.05) is 35.9 Å². The standard InChI is InChI=1S/C21H16ClN3O/c1-15-19(22)8-5-9-20(15)24-21(26)17(13-23)12-16-10-11-25(14-16)18-6-3-2-4-7-18/h2-12,14H,1H3,(H,24,26)/b17-12+. The van der Waals surface area contributed by atoms with Crippen molar-refractivity contribution in [1.82, 2.24) is 4.57 Å². The molecule has 0 radical (unpaired) electrons. The molecule has 3 rings (SSSR count). The lowest BCUT2D eigenvalue weighted by Gasteiger charge is -2.08. The minimum absolute atomic E-state index is 0.0233. The summed E-state index contributed by atoms with van der Waals surface area (Å²) in [4.78, 5) is 12.4. The number of amides is 1. The number of aromatic nitrogens is 1. The first kappa shape index (κ1) is 17.5. The molecule has 0 unspecified atom stereocenters. The molecule has 0 atom stereocenters. The fourth-order valence-corrected chi connectivity index (χ4v) is 2.68. The number of anilines is 1. The van der Waals surface area contributed by atoms with Crippen LogP contribution in [-0.2, 0) is 4.79 Å². The Kier molecular flexibility index (Phi) is 5.21. The molecule has 1 N–H and O–H groups in total. The van der Waals surface area contributed by atoms with Crippen LogP contribution in [0.4, 0.5) is 5.69 Å². The first-order chi connectivity index (χ1) is 12.6. The summed E-state index contributed by atoms with van der Waals surface area (Å²) in [5.74, 6) is -0.467. The number of hydrogen-bond donors (Lipinski definition) is 1. The van der Waals surface area contributed by atoms with Gasteiger partial charge in [0.1, 0.15) is 11.6 Å². The van der Waals surface area contributed by atoms with Crippen molar-refractivity contribution in [2.45, 2.75) is 6.92 Å². The van der Waals surface area contributed by atoms with E-state index >= 15 is 0 Å². The van der Waals surface area contributed by atoms with Gasteiger partial charge in [0.15, 0.2) is 0 Å². The molecule has 0 fully saturated rings. The summed E-state index contributed by atoms with van der Waals surface area (Å²) in [7, 11) is 0. The van der Waals surface area contributed by atoms with E-state index in [1.807, 2.05) is 66.4 Å². The van der Waals surface area contributed by atoms with Crippen molar-refractivity contribution in [2.24, 2.45) is 0 Å². The summed E-state index contributed by atoms with van der Waals surface area (Å²) in [6, 6.07) is 18.9. The van der Waals surface area contributed by atoms with E-state index in [4.69, 9.17) is 11.6 Å². The lowest BCUT2D eigenvalue weighted by atomic mass is 10.1. The Balaban J connectivity index is 1.82. The number of halogens is 1. The van der Waals surface area contributed by atoms with Gasteiger partial charge in [0, 0.05) is 28.8 Å². The van der Waals surface area contributed by atoms with Crippen molar-refractivity contribution in [3.63, 3.8) is 0 Å². The largest absolute Gasteiger partial charge is 0.323 e. The van der Waals surface area contributed by atoms with Gasteiger partial charge in [0.05, 0.1) is 0 Å². The molecule has 0 saturated heterocycles. The fourth-order valence-electron chi connectivity index (χ4n) is 2.51. The van der Waals surface area contributed by atoms with Crippen molar-refractivity contribution in [1.29, 1.82) is 5.26 Å².